The van der Waals surface area contributed by atoms with E-state index >= 15 is 0 Å². The zero-order valence-electron chi connectivity index (χ0n) is 15.4. The Kier molecular flexibility index (Phi) is 5.57. The molecule has 8 nitrogen and oxygen atoms in total. The minimum absolute atomic E-state index is 0.158. The summed E-state index contributed by atoms with van der Waals surface area (Å²) >= 11 is 6.08. The van der Waals surface area contributed by atoms with Gasteiger partial charge in [-0.15, -0.1) is 0 Å². The SMILES string of the molecule is COc1cc(NC(=O)[C@@H]2CN(S(C)(=O)=O)c3ccccc3O2)c(OC)cc1Cl. The molecule has 2 aromatic carbocycles. The van der Waals surface area contributed by atoms with Gasteiger partial charge in [0.25, 0.3) is 5.91 Å². The van der Waals surface area contributed by atoms with E-state index < -0.39 is 22.0 Å². The Morgan fingerprint density at radius 1 is 1.21 bits per heavy atom. The van der Waals surface area contributed by atoms with Gasteiger partial charge in [0.05, 0.1) is 43.4 Å². The third-order valence-corrected chi connectivity index (χ3v) is 5.60. The van der Waals surface area contributed by atoms with Crippen LogP contribution in [-0.4, -0.2) is 47.4 Å². The summed E-state index contributed by atoms with van der Waals surface area (Å²) < 4.78 is 41.7. The number of halogens is 1. The van der Waals surface area contributed by atoms with Gasteiger partial charge in [-0.1, -0.05) is 23.7 Å². The predicted octanol–water partition coefficient (Wildman–Crippen LogP) is 2.52. The number of rotatable bonds is 5. The van der Waals surface area contributed by atoms with Crippen LogP contribution >= 0.6 is 11.6 Å². The molecule has 0 bridgehead atoms. The van der Waals surface area contributed by atoms with E-state index in [4.69, 9.17) is 25.8 Å². The van der Waals surface area contributed by atoms with Crippen molar-refractivity contribution in [2.24, 2.45) is 0 Å². The molecule has 1 aliphatic rings. The quantitative estimate of drug-likeness (QED) is 0.789. The second-order valence-corrected chi connectivity index (χ2v) is 8.36. The van der Waals surface area contributed by atoms with Gasteiger partial charge in [0.2, 0.25) is 10.0 Å². The van der Waals surface area contributed by atoms with Crippen LogP contribution in [0.5, 0.6) is 17.2 Å². The van der Waals surface area contributed by atoms with Gasteiger partial charge in [-0.05, 0) is 12.1 Å². The number of ether oxygens (including phenoxy) is 3. The molecule has 1 amide bonds. The molecule has 0 unspecified atom stereocenters. The number of para-hydroxylation sites is 2. The molecule has 3 rings (SSSR count). The molecule has 0 spiro atoms. The maximum absolute atomic E-state index is 12.8. The number of benzene rings is 2. The van der Waals surface area contributed by atoms with E-state index in [9.17, 15) is 13.2 Å². The first kappa shape index (κ1) is 20.1. The number of sulfonamides is 1. The second-order valence-electron chi connectivity index (χ2n) is 6.04. The van der Waals surface area contributed by atoms with Gasteiger partial charge < -0.3 is 19.5 Å². The number of amides is 1. The average molecular weight is 427 g/mol. The Labute approximate surface area is 168 Å². The minimum atomic E-state index is -3.60. The molecule has 0 radical (unpaired) electrons. The summed E-state index contributed by atoms with van der Waals surface area (Å²) in [4.78, 5) is 12.8. The molecule has 28 heavy (non-hydrogen) atoms. The van der Waals surface area contributed by atoms with Crippen LogP contribution in [0, 0.1) is 0 Å². The highest BCUT2D eigenvalue weighted by Crippen LogP contribution is 2.37. The molecule has 0 aliphatic carbocycles. The predicted molar refractivity (Wildman–Crippen MR) is 106 cm³/mol. The van der Waals surface area contributed by atoms with E-state index in [0.29, 0.717) is 33.6 Å². The summed E-state index contributed by atoms with van der Waals surface area (Å²) in [5.41, 5.74) is 0.710. The first-order valence-electron chi connectivity index (χ1n) is 8.20. The number of nitrogens with zero attached hydrogens (tertiary/aromatic N) is 1. The summed E-state index contributed by atoms with van der Waals surface area (Å²) in [6, 6.07) is 9.66. The summed E-state index contributed by atoms with van der Waals surface area (Å²) in [6.07, 6.45) is 0.0213. The van der Waals surface area contributed by atoms with Crippen LogP contribution < -0.4 is 23.8 Å². The molecule has 1 heterocycles. The summed E-state index contributed by atoms with van der Waals surface area (Å²) in [5, 5.41) is 3.01. The fraction of sp³-hybridized carbons (Fsp3) is 0.278. The minimum Gasteiger partial charge on any atom is -0.495 e. The lowest BCUT2D eigenvalue weighted by atomic mass is 10.2. The van der Waals surface area contributed by atoms with Gasteiger partial charge >= 0.3 is 0 Å². The monoisotopic (exact) mass is 426 g/mol. The van der Waals surface area contributed by atoms with Crippen LogP contribution in [0.25, 0.3) is 0 Å². The van der Waals surface area contributed by atoms with E-state index in [1.807, 2.05) is 0 Å². The van der Waals surface area contributed by atoms with Crippen LogP contribution in [0.1, 0.15) is 0 Å². The molecule has 150 valence electrons. The van der Waals surface area contributed by atoms with Gasteiger partial charge in [0.15, 0.2) is 6.10 Å². The molecule has 1 atom stereocenters. The molecular weight excluding hydrogens is 408 g/mol. The third kappa shape index (κ3) is 3.95. The maximum atomic E-state index is 12.8. The average Bonchev–Trinajstić information content (AvgIpc) is 2.67. The van der Waals surface area contributed by atoms with Crippen molar-refractivity contribution < 1.29 is 27.4 Å². The first-order chi connectivity index (χ1) is 13.2. The lowest BCUT2D eigenvalue weighted by Gasteiger charge is -2.33. The highest BCUT2D eigenvalue weighted by Gasteiger charge is 2.35. The maximum Gasteiger partial charge on any atom is 0.267 e. The third-order valence-electron chi connectivity index (χ3n) is 4.16. The van der Waals surface area contributed by atoms with Crippen molar-refractivity contribution in [3.05, 3.63) is 41.4 Å². The smallest absolute Gasteiger partial charge is 0.267 e. The Morgan fingerprint density at radius 2 is 1.89 bits per heavy atom. The highest BCUT2D eigenvalue weighted by molar-refractivity contribution is 7.92. The Balaban J connectivity index is 1.90. The number of nitrogens with one attached hydrogen (secondary N) is 1. The molecule has 0 saturated heterocycles. The Morgan fingerprint density at radius 3 is 2.54 bits per heavy atom. The van der Waals surface area contributed by atoms with E-state index in [-0.39, 0.29) is 6.54 Å². The van der Waals surface area contributed by atoms with Gasteiger partial charge in [-0.2, -0.15) is 0 Å². The molecule has 0 fully saturated rings. The number of hydrogen-bond acceptors (Lipinski definition) is 6. The van der Waals surface area contributed by atoms with E-state index in [0.717, 1.165) is 10.6 Å². The lowest BCUT2D eigenvalue weighted by molar-refractivity contribution is -0.122. The molecule has 0 saturated carbocycles. The molecule has 0 aromatic heterocycles. The van der Waals surface area contributed by atoms with Gasteiger partial charge in [0, 0.05) is 12.1 Å². The fourth-order valence-electron chi connectivity index (χ4n) is 2.82. The molecule has 1 aliphatic heterocycles. The van der Waals surface area contributed by atoms with E-state index in [1.165, 1.54) is 26.4 Å². The van der Waals surface area contributed by atoms with Gasteiger partial charge in [0.1, 0.15) is 17.2 Å². The van der Waals surface area contributed by atoms with Crippen molar-refractivity contribution in [2.45, 2.75) is 6.10 Å². The standard InChI is InChI=1S/C18H19ClN2O6S/c1-25-15-9-12(16(26-2)8-11(15)19)20-18(22)17-10-21(28(3,23)24)13-6-4-5-7-14(13)27-17/h4-9,17H,10H2,1-3H3,(H,20,22)/t17-/m0/s1. The topological polar surface area (TPSA) is 94.2 Å². The van der Waals surface area contributed by atoms with Crippen molar-refractivity contribution in [1.29, 1.82) is 0 Å². The van der Waals surface area contributed by atoms with Crippen LogP contribution in [0.15, 0.2) is 36.4 Å². The Hall–Kier alpha value is -2.65. The van der Waals surface area contributed by atoms with E-state index in [2.05, 4.69) is 5.32 Å². The zero-order chi connectivity index (χ0) is 20.5. The van der Waals surface area contributed by atoms with Crippen LogP contribution in [-0.2, 0) is 14.8 Å². The van der Waals surface area contributed by atoms with Crippen molar-refractivity contribution in [2.75, 3.05) is 36.6 Å². The number of carbonyl (C=O) groups is 1. The first-order valence-corrected chi connectivity index (χ1v) is 10.4. The summed E-state index contributed by atoms with van der Waals surface area (Å²) in [5.74, 6) is 0.451. The number of methoxy groups -OCH3 is 2. The lowest BCUT2D eigenvalue weighted by Crippen LogP contribution is -2.48. The van der Waals surface area contributed by atoms with Gasteiger partial charge in [-0.25, -0.2) is 8.42 Å². The van der Waals surface area contributed by atoms with Crippen molar-refractivity contribution in [3.63, 3.8) is 0 Å². The number of carbonyl (C=O) groups excluding carboxylic acids is 1. The van der Waals surface area contributed by atoms with Crippen LogP contribution in [0.4, 0.5) is 11.4 Å². The van der Waals surface area contributed by atoms with Crippen molar-refractivity contribution in [3.8, 4) is 17.2 Å². The number of fused-ring (bicyclic) bond motifs is 1. The van der Waals surface area contributed by atoms with Crippen molar-refractivity contribution in [1.82, 2.24) is 0 Å². The zero-order valence-corrected chi connectivity index (χ0v) is 17.0. The van der Waals surface area contributed by atoms with Gasteiger partial charge in [-0.3, -0.25) is 9.10 Å². The fourth-order valence-corrected chi connectivity index (χ4v) is 3.97. The van der Waals surface area contributed by atoms with E-state index in [1.54, 1.807) is 24.3 Å². The Bertz CT molecular complexity index is 1010. The van der Waals surface area contributed by atoms with Crippen LogP contribution in [0.2, 0.25) is 5.02 Å². The highest BCUT2D eigenvalue weighted by atomic mass is 35.5. The number of hydrogen-bond donors (Lipinski definition) is 1. The molecule has 10 heteroatoms. The second kappa shape index (κ2) is 7.76. The molecular formula is C18H19ClN2O6S. The normalized spacial score (nSPS) is 16.0. The summed E-state index contributed by atoms with van der Waals surface area (Å²) in [7, 11) is -0.711. The van der Waals surface area contributed by atoms with Crippen LogP contribution in [0.3, 0.4) is 0 Å². The largest absolute Gasteiger partial charge is 0.495 e. The molecule has 1 N–H and O–H groups in total. The molecule has 2 aromatic rings. The number of anilines is 2. The van der Waals surface area contributed by atoms with Crippen molar-refractivity contribution >= 4 is 38.9 Å². The summed E-state index contributed by atoms with van der Waals surface area (Å²) in [6.45, 7) is -0.158.